The quantitative estimate of drug-likeness (QED) is 0.833. The molecule has 1 aromatic rings. The third-order valence-corrected chi connectivity index (χ3v) is 3.40. The van der Waals surface area contributed by atoms with Gasteiger partial charge in [-0.15, -0.1) is 0 Å². The molecule has 5 nitrogen and oxygen atoms in total. The maximum absolute atomic E-state index is 13.5. The number of halogens is 1. The van der Waals surface area contributed by atoms with Crippen LogP contribution in [0.5, 0.6) is 0 Å². The number of hydrogen-bond acceptors (Lipinski definition) is 5. The van der Waals surface area contributed by atoms with Crippen LogP contribution in [0.25, 0.3) is 0 Å². The average Bonchev–Trinajstić information content (AvgIpc) is 2.94. The van der Waals surface area contributed by atoms with Crippen molar-refractivity contribution in [3.8, 4) is 0 Å². The van der Waals surface area contributed by atoms with Crippen molar-refractivity contribution in [1.82, 2.24) is 9.97 Å². The highest BCUT2D eigenvalue weighted by Crippen LogP contribution is 2.36. The van der Waals surface area contributed by atoms with Crippen molar-refractivity contribution in [2.45, 2.75) is 37.5 Å². The number of nitrogens with one attached hydrogen (secondary N) is 2. The molecule has 0 spiro atoms. The lowest BCUT2D eigenvalue weighted by molar-refractivity contribution is 0.102. The molecule has 2 bridgehead atoms. The standard InChI is InChI=1S/C11H15FN4O/c1-13-11-14-5-7(12)10(16-11)15-8-4-6-2-3-9(8)17-6/h5-6,8-9H,2-4H2,1H3,(H2,13,14,15,16). The van der Waals surface area contributed by atoms with Crippen LogP contribution in [0.2, 0.25) is 0 Å². The maximum Gasteiger partial charge on any atom is 0.224 e. The average molecular weight is 238 g/mol. The van der Waals surface area contributed by atoms with Crippen LogP contribution < -0.4 is 10.6 Å². The van der Waals surface area contributed by atoms with E-state index in [1.54, 1.807) is 7.05 Å². The number of fused-ring (bicyclic) bond motifs is 2. The minimum absolute atomic E-state index is 0.169. The number of aromatic nitrogens is 2. The van der Waals surface area contributed by atoms with Crippen LogP contribution in [0.3, 0.4) is 0 Å². The second kappa shape index (κ2) is 4.10. The lowest BCUT2D eigenvalue weighted by Crippen LogP contribution is -2.31. The number of rotatable bonds is 3. The molecule has 2 N–H and O–H groups in total. The van der Waals surface area contributed by atoms with Crippen LogP contribution in [0.1, 0.15) is 19.3 Å². The summed E-state index contributed by atoms with van der Waals surface area (Å²) in [6.45, 7) is 0. The summed E-state index contributed by atoms with van der Waals surface area (Å²) in [5, 5.41) is 5.92. The van der Waals surface area contributed by atoms with Gasteiger partial charge in [-0.05, 0) is 19.3 Å². The van der Waals surface area contributed by atoms with Gasteiger partial charge in [-0.1, -0.05) is 0 Å². The van der Waals surface area contributed by atoms with Gasteiger partial charge in [-0.25, -0.2) is 9.37 Å². The molecule has 0 aliphatic carbocycles. The monoisotopic (exact) mass is 238 g/mol. The Morgan fingerprint density at radius 1 is 1.47 bits per heavy atom. The molecule has 3 unspecified atom stereocenters. The summed E-state index contributed by atoms with van der Waals surface area (Å²) in [4.78, 5) is 7.89. The van der Waals surface area contributed by atoms with E-state index >= 15 is 0 Å². The van der Waals surface area contributed by atoms with E-state index in [-0.39, 0.29) is 18.0 Å². The van der Waals surface area contributed by atoms with Crippen molar-refractivity contribution in [2.75, 3.05) is 17.7 Å². The van der Waals surface area contributed by atoms with Gasteiger partial charge in [0.2, 0.25) is 5.95 Å². The third-order valence-electron chi connectivity index (χ3n) is 3.40. The molecular weight excluding hydrogens is 223 g/mol. The molecule has 0 aromatic carbocycles. The first kappa shape index (κ1) is 10.7. The van der Waals surface area contributed by atoms with Gasteiger partial charge in [0.05, 0.1) is 24.4 Å². The van der Waals surface area contributed by atoms with Gasteiger partial charge in [0.15, 0.2) is 11.6 Å². The fourth-order valence-electron chi connectivity index (χ4n) is 2.55. The van der Waals surface area contributed by atoms with Crippen molar-refractivity contribution in [3.05, 3.63) is 12.0 Å². The first-order chi connectivity index (χ1) is 8.26. The minimum Gasteiger partial charge on any atom is -0.373 e. The van der Waals surface area contributed by atoms with Gasteiger partial charge < -0.3 is 15.4 Å². The fourth-order valence-corrected chi connectivity index (χ4v) is 2.55. The lowest BCUT2D eigenvalue weighted by Gasteiger charge is -2.20. The van der Waals surface area contributed by atoms with Crippen molar-refractivity contribution in [1.29, 1.82) is 0 Å². The van der Waals surface area contributed by atoms with E-state index in [4.69, 9.17) is 4.74 Å². The number of ether oxygens (including phenoxy) is 1. The van der Waals surface area contributed by atoms with E-state index in [1.165, 1.54) is 6.20 Å². The van der Waals surface area contributed by atoms with Crippen molar-refractivity contribution in [3.63, 3.8) is 0 Å². The zero-order chi connectivity index (χ0) is 11.8. The van der Waals surface area contributed by atoms with Crippen molar-refractivity contribution >= 4 is 11.8 Å². The highest BCUT2D eigenvalue weighted by atomic mass is 19.1. The topological polar surface area (TPSA) is 59.1 Å². The molecule has 0 amide bonds. The van der Waals surface area contributed by atoms with E-state index in [9.17, 15) is 4.39 Å². The van der Waals surface area contributed by atoms with Gasteiger partial charge in [0, 0.05) is 7.05 Å². The Kier molecular flexibility index (Phi) is 2.58. The number of anilines is 2. The molecule has 0 saturated carbocycles. The summed E-state index contributed by atoms with van der Waals surface area (Å²) in [7, 11) is 1.71. The van der Waals surface area contributed by atoms with E-state index in [1.807, 2.05) is 0 Å². The predicted molar refractivity (Wildman–Crippen MR) is 61.5 cm³/mol. The molecule has 3 atom stereocenters. The first-order valence-corrected chi connectivity index (χ1v) is 5.88. The molecule has 2 aliphatic heterocycles. The summed E-state index contributed by atoms with van der Waals surface area (Å²) in [5.41, 5.74) is 0. The van der Waals surface area contributed by atoms with E-state index in [0.29, 0.717) is 12.1 Å². The molecule has 0 radical (unpaired) electrons. The van der Waals surface area contributed by atoms with Crippen LogP contribution in [-0.4, -0.2) is 35.3 Å². The van der Waals surface area contributed by atoms with Crippen molar-refractivity contribution in [2.24, 2.45) is 0 Å². The minimum atomic E-state index is -0.424. The molecule has 3 rings (SSSR count). The second-order valence-electron chi connectivity index (χ2n) is 4.50. The first-order valence-electron chi connectivity index (χ1n) is 5.88. The summed E-state index contributed by atoms with van der Waals surface area (Å²) < 4.78 is 19.3. The largest absolute Gasteiger partial charge is 0.373 e. The predicted octanol–water partition coefficient (Wildman–Crippen LogP) is 1.39. The van der Waals surface area contributed by atoms with Gasteiger partial charge >= 0.3 is 0 Å². The lowest BCUT2D eigenvalue weighted by atomic mass is 9.95. The van der Waals surface area contributed by atoms with Crippen molar-refractivity contribution < 1.29 is 9.13 Å². The summed E-state index contributed by atoms with van der Waals surface area (Å²) in [5.74, 6) is 0.246. The Labute approximate surface area is 98.8 Å². The molecular formula is C11H15FN4O. The van der Waals surface area contributed by atoms with Gasteiger partial charge in [0.1, 0.15) is 0 Å². The highest BCUT2D eigenvalue weighted by molar-refractivity contribution is 5.42. The molecule has 17 heavy (non-hydrogen) atoms. The van der Waals surface area contributed by atoms with Crippen LogP contribution in [0.4, 0.5) is 16.2 Å². The van der Waals surface area contributed by atoms with Crippen LogP contribution >= 0.6 is 0 Å². The molecule has 1 aromatic heterocycles. The third kappa shape index (κ3) is 1.93. The smallest absolute Gasteiger partial charge is 0.224 e. The number of hydrogen-bond donors (Lipinski definition) is 2. The Hall–Kier alpha value is -1.43. The summed E-state index contributed by atoms with van der Waals surface area (Å²) in [6, 6.07) is 0.169. The number of nitrogens with zero attached hydrogens (tertiary/aromatic N) is 2. The zero-order valence-corrected chi connectivity index (χ0v) is 9.61. The molecule has 6 heteroatoms. The highest BCUT2D eigenvalue weighted by Gasteiger charge is 2.41. The van der Waals surface area contributed by atoms with Crippen LogP contribution in [0.15, 0.2) is 6.20 Å². The molecule has 2 saturated heterocycles. The SMILES string of the molecule is CNc1ncc(F)c(NC2CC3CCC2O3)n1. The van der Waals surface area contributed by atoms with Gasteiger partial charge in [-0.3, -0.25) is 0 Å². The van der Waals surface area contributed by atoms with E-state index in [2.05, 4.69) is 20.6 Å². The molecule has 2 aliphatic rings. The summed E-state index contributed by atoms with van der Waals surface area (Å²) in [6.07, 6.45) is 4.82. The van der Waals surface area contributed by atoms with E-state index in [0.717, 1.165) is 19.3 Å². The Morgan fingerprint density at radius 2 is 2.35 bits per heavy atom. The fraction of sp³-hybridized carbons (Fsp3) is 0.636. The maximum atomic E-state index is 13.5. The second-order valence-corrected chi connectivity index (χ2v) is 4.50. The Balaban J connectivity index is 1.76. The zero-order valence-electron chi connectivity index (χ0n) is 9.61. The Bertz CT molecular complexity index is 428. The van der Waals surface area contributed by atoms with E-state index < -0.39 is 5.82 Å². The van der Waals surface area contributed by atoms with Gasteiger partial charge in [-0.2, -0.15) is 4.98 Å². The van der Waals surface area contributed by atoms with Crippen LogP contribution in [0, 0.1) is 5.82 Å². The normalized spacial score (nSPS) is 30.6. The Morgan fingerprint density at radius 3 is 3.00 bits per heavy atom. The van der Waals surface area contributed by atoms with Crippen LogP contribution in [-0.2, 0) is 4.74 Å². The van der Waals surface area contributed by atoms with Gasteiger partial charge in [0.25, 0.3) is 0 Å². The summed E-state index contributed by atoms with van der Waals surface area (Å²) >= 11 is 0. The molecule has 2 fully saturated rings. The molecule has 3 heterocycles. The molecule has 92 valence electrons.